The van der Waals surface area contributed by atoms with Crippen LogP contribution in [0.3, 0.4) is 0 Å². The Morgan fingerprint density at radius 3 is 2.00 bits per heavy atom. The topological polar surface area (TPSA) is 35.9 Å². The van der Waals surface area contributed by atoms with Crippen LogP contribution in [0, 0.1) is 18.5 Å². The van der Waals surface area contributed by atoms with Gasteiger partial charge in [0.25, 0.3) is 6.33 Å². The zero-order valence-corrected chi connectivity index (χ0v) is 41.0. The maximum atomic E-state index is 9.06. The predicted molar refractivity (Wildman–Crippen MR) is 278 cm³/mol. The number of benzene rings is 8. The number of imidazole rings is 1. The second-order valence-electron chi connectivity index (χ2n) is 17.9. The molecule has 0 atom stereocenters. The van der Waals surface area contributed by atoms with Crippen LogP contribution in [0.4, 0.5) is 0 Å². The summed E-state index contributed by atoms with van der Waals surface area (Å²) in [5, 5.41) is 2.06. The molecule has 5 nitrogen and oxygen atoms in total. The van der Waals surface area contributed by atoms with Crippen molar-refractivity contribution < 1.29 is 44.1 Å². The van der Waals surface area contributed by atoms with E-state index in [1.54, 1.807) is 33.4 Å². The molecule has 3 aromatic heterocycles. The van der Waals surface area contributed by atoms with E-state index in [1.807, 2.05) is 54.7 Å². The van der Waals surface area contributed by atoms with Gasteiger partial charge in [-0.15, -0.1) is 29.7 Å². The molecular formula is C63H52N4OPt-2. The number of para-hydroxylation sites is 3. The van der Waals surface area contributed by atoms with E-state index >= 15 is 0 Å². The number of aromatic nitrogens is 4. The van der Waals surface area contributed by atoms with E-state index in [4.69, 9.17) is 23.4 Å². The van der Waals surface area contributed by atoms with Gasteiger partial charge in [0.05, 0.1) is 30.4 Å². The van der Waals surface area contributed by atoms with E-state index < -0.39 is 60.4 Å². The van der Waals surface area contributed by atoms with Gasteiger partial charge in [0.1, 0.15) is 5.82 Å². The van der Waals surface area contributed by atoms with Gasteiger partial charge in [-0.3, -0.25) is 4.57 Å². The quantitative estimate of drug-likeness (QED) is 0.0956. The maximum Gasteiger partial charge on any atom is 0.268 e. The Morgan fingerprint density at radius 2 is 1.30 bits per heavy atom. The minimum atomic E-state index is -0.572. The molecule has 0 amide bonds. The molecule has 0 bridgehead atoms. The Labute approximate surface area is 433 Å². The number of nitrogens with zero attached hydrogens (tertiary/aromatic N) is 4. The monoisotopic (exact) mass is 1090 g/mol. The van der Waals surface area contributed by atoms with Gasteiger partial charge in [0, 0.05) is 49.8 Å². The summed E-state index contributed by atoms with van der Waals surface area (Å²) in [6.45, 7) is 11.1. The third-order valence-corrected chi connectivity index (χ3v) is 12.8. The molecule has 0 aliphatic carbocycles. The van der Waals surface area contributed by atoms with Crippen molar-refractivity contribution in [3.8, 4) is 62.1 Å². The molecule has 0 N–H and O–H groups in total. The fraction of sp³-hybridized carbons (Fsp3) is 0.143. The Hall–Kier alpha value is -7.33. The standard InChI is InChI=1S/C63H52N4O.Pt/c1-6-43(7-2)54-40-61(64-41-56(54)46-25-15-10-16-26-46)67-57-36-33-47(63(3,4)5)37-55(57)53-35-34-50(39-60(53)67)68-49-28-19-27-48(38-49)65-42-66(59-32-18-17-31-58(59)65)62-51(44-21-11-8-12-22-44)29-20-30-52(62)45-23-13-9-14-24-45;/h8-37,40-41,43H,6-7H2,1-5H3;/q-2;/i8D,9D,11D,12D,13D,14D,21D,22D,23D,24D;. The SMILES string of the molecule is [2H]c1c([2H])c([2H])c(-c2cccc(-c3c([2H])c([2H])c([2H])c([2H])c3[2H])c2-[n+]2[c-]n(-c3[c-]c(Oc4[c-]c5c(cc4)c4cc(C(C)(C)C)ccc4n5-c4cc(C(CC)CC)c(-c5ccccc5)cn4)ccc3)c3ccccc32)c([2H])c1[2H].[Pt]. The summed E-state index contributed by atoms with van der Waals surface area (Å²) in [5.74, 6) is 1.87. The van der Waals surface area contributed by atoms with E-state index in [9.17, 15) is 0 Å². The van der Waals surface area contributed by atoms with Crippen molar-refractivity contribution in [3.05, 3.63) is 224 Å². The fourth-order valence-corrected chi connectivity index (χ4v) is 9.30. The summed E-state index contributed by atoms with van der Waals surface area (Å²) >= 11 is 0. The van der Waals surface area contributed by atoms with Gasteiger partial charge in [-0.05, 0) is 86.3 Å². The van der Waals surface area contributed by atoms with Crippen LogP contribution in [-0.2, 0) is 26.5 Å². The number of fused-ring (bicyclic) bond motifs is 4. The van der Waals surface area contributed by atoms with Crippen molar-refractivity contribution in [1.29, 1.82) is 0 Å². The minimum absolute atomic E-state index is 0. The third kappa shape index (κ3) is 8.51. The normalized spacial score (nSPS) is 13.7. The zero-order chi connectivity index (χ0) is 55.1. The van der Waals surface area contributed by atoms with Crippen molar-refractivity contribution in [1.82, 2.24) is 14.1 Å². The summed E-state index contributed by atoms with van der Waals surface area (Å²) in [4.78, 5) is 5.17. The molecule has 69 heavy (non-hydrogen) atoms. The van der Waals surface area contributed by atoms with Crippen LogP contribution in [0.25, 0.3) is 83.4 Å². The van der Waals surface area contributed by atoms with Crippen molar-refractivity contribution >= 4 is 32.8 Å². The van der Waals surface area contributed by atoms with Crippen molar-refractivity contribution in [3.63, 3.8) is 0 Å². The van der Waals surface area contributed by atoms with E-state index in [2.05, 4.69) is 112 Å². The summed E-state index contributed by atoms with van der Waals surface area (Å²) in [6, 6.07) is 42.6. The second kappa shape index (κ2) is 19.0. The first-order valence-electron chi connectivity index (χ1n) is 27.9. The maximum absolute atomic E-state index is 9.06. The molecule has 3 heterocycles. The number of hydrogen-bond donors (Lipinski definition) is 0. The Kier molecular flexibility index (Phi) is 9.60. The van der Waals surface area contributed by atoms with Crippen LogP contribution < -0.4 is 9.30 Å². The van der Waals surface area contributed by atoms with E-state index in [0.717, 1.165) is 51.6 Å². The Balaban J connectivity index is 0.00000704. The van der Waals surface area contributed by atoms with Gasteiger partial charge < -0.3 is 13.9 Å². The van der Waals surface area contributed by atoms with Gasteiger partial charge in [0.2, 0.25) is 0 Å². The van der Waals surface area contributed by atoms with Gasteiger partial charge in [-0.1, -0.05) is 185 Å². The molecule has 0 radical (unpaired) electrons. The molecule has 11 aromatic rings. The minimum Gasteiger partial charge on any atom is -0.510 e. The third-order valence-electron chi connectivity index (χ3n) is 12.8. The van der Waals surface area contributed by atoms with Gasteiger partial charge in [-0.2, -0.15) is 18.2 Å². The van der Waals surface area contributed by atoms with E-state index in [1.165, 1.54) is 11.1 Å². The Morgan fingerprint density at radius 1 is 0.638 bits per heavy atom. The average molecular weight is 1090 g/mol. The van der Waals surface area contributed by atoms with E-state index in [0.29, 0.717) is 34.1 Å². The Bertz CT molecular complexity index is 4080. The van der Waals surface area contributed by atoms with Crippen LogP contribution in [0.15, 0.2) is 194 Å². The summed E-state index contributed by atoms with van der Waals surface area (Å²) < 4.78 is 99.6. The molecular weight excluding hydrogens is 1020 g/mol. The molecule has 11 rings (SSSR count). The van der Waals surface area contributed by atoms with Crippen LogP contribution in [0.5, 0.6) is 11.5 Å². The average Bonchev–Trinajstić information content (AvgIpc) is 4.03. The van der Waals surface area contributed by atoms with Crippen molar-refractivity contribution in [2.24, 2.45) is 0 Å². The molecule has 0 fully saturated rings. The molecule has 342 valence electrons. The van der Waals surface area contributed by atoms with Gasteiger partial charge in [-0.25, -0.2) is 4.98 Å². The van der Waals surface area contributed by atoms with Crippen LogP contribution in [-0.4, -0.2) is 14.1 Å². The molecule has 0 aliphatic rings. The number of pyridine rings is 1. The first-order chi connectivity index (χ1) is 37.4. The molecule has 8 aromatic carbocycles. The largest absolute Gasteiger partial charge is 0.510 e. The summed E-state index contributed by atoms with van der Waals surface area (Å²) in [5.41, 5.74) is 8.15. The molecule has 0 aliphatic heterocycles. The predicted octanol–water partition coefficient (Wildman–Crippen LogP) is 15.8. The molecule has 6 heteroatoms. The zero-order valence-electron chi connectivity index (χ0n) is 48.7. The number of ether oxygens (including phenoxy) is 1. The van der Waals surface area contributed by atoms with Crippen LogP contribution >= 0.6 is 0 Å². The first-order valence-corrected chi connectivity index (χ1v) is 22.9. The van der Waals surface area contributed by atoms with Gasteiger partial charge in [0.15, 0.2) is 0 Å². The molecule has 0 unspecified atom stereocenters. The van der Waals surface area contributed by atoms with Crippen LogP contribution in [0.2, 0.25) is 0 Å². The number of rotatable bonds is 11. The van der Waals surface area contributed by atoms with Gasteiger partial charge >= 0.3 is 0 Å². The first kappa shape index (κ1) is 34.9. The van der Waals surface area contributed by atoms with Crippen molar-refractivity contribution in [2.45, 2.75) is 58.8 Å². The number of hydrogen-bond acceptors (Lipinski definition) is 2. The second-order valence-corrected chi connectivity index (χ2v) is 17.9. The smallest absolute Gasteiger partial charge is 0.268 e. The summed E-state index contributed by atoms with van der Waals surface area (Å²) in [6.07, 6.45) is 7.37. The van der Waals surface area contributed by atoms with Crippen molar-refractivity contribution in [2.75, 3.05) is 0 Å². The van der Waals surface area contributed by atoms with Crippen LogP contribution in [0.1, 0.15) is 78.2 Å². The summed E-state index contributed by atoms with van der Waals surface area (Å²) in [7, 11) is 0. The fourth-order valence-electron chi connectivity index (χ4n) is 9.30. The molecule has 0 spiro atoms. The molecule has 0 saturated heterocycles. The van der Waals surface area contributed by atoms with E-state index in [-0.39, 0.29) is 54.4 Å². The molecule has 0 saturated carbocycles.